The van der Waals surface area contributed by atoms with Gasteiger partial charge in [0.2, 0.25) is 5.60 Å². The van der Waals surface area contributed by atoms with E-state index >= 15 is 0 Å². The maximum atomic E-state index is 13.8. The fraction of sp³-hybridized carbons (Fsp3) is 0.743. The second-order valence-electron chi connectivity index (χ2n) is 15.9. The van der Waals surface area contributed by atoms with E-state index in [0.717, 1.165) is 0 Å². The number of fused-ring (bicyclic) bond motifs is 3. The summed E-state index contributed by atoms with van der Waals surface area (Å²) in [6, 6.07) is 1.73. The van der Waals surface area contributed by atoms with Gasteiger partial charge in [-0.1, -0.05) is 20.8 Å². The fourth-order valence-corrected chi connectivity index (χ4v) is 12.8. The molecule has 2 unspecified atom stereocenters. The molecule has 1 aromatic rings. The Balaban J connectivity index is 1.50. The Bertz CT molecular complexity index is 1690. The molecule has 4 bridgehead atoms. The highest BCUT2D eigenvalue weighted by molar-refractivity contribution is 5.75. The van der Waals surface area contributed by atoms with Gasteiger partial charge in [0.1, 0.15) is 22.9 Å². The number of methoxy groups -OCH3 is 1. The third-order valence-electron chi connectivity index (χ3n) is 13.8. The van der Waals surface area contributed by atoms with Crippen molar-refractivity contribution in [3.05, 3.63) is 24.2 Å². The van der Waals surface area contributed by atoms with Crippen LogP contribution in [0.25, 0.3) is 0 Å². The first kappa shape index (κ1) is 32.7. The number of carbonyl (C=O) groups excluding carboxylic acids is 5. The summed E-state index contributed by atoms with van der Waals surface area (Å²) in [7, 11) is 1.30. The number of esters is 5. The first-order valence-electron chi connectivity index (χ1n) is 16.8. The lowest BCUT2D eigenvalue weighted by molar-refractivity contribution is -0.477. The maximum Gasteiger partial charge on any atom is 0.306 e. The van der Waals surface area contributed by atoms with Gasteiger partial charge < -0.3 is 42.3 Å². The molecule has 3 saturated heterocycles. The number of rotatable bonds is 6. The number of furan rings is 1. The van der Waals surface area contributed by atoms with E-state index in [1.165, 1.54) is 40.4 Å². The highest BCUT2D eigenvalue weighted by atomic mass is 16.9. The van der Waals surface area contributed by atoms with Gasteiger partial charge in [0.05, 0.1) is 26.1 Å². The zero-order valence-corrected chi connectivity index (χ0v) is 28.9. The standard InChI is InChI=1S/C35H42O14/c1-17(36)43-26-29(5)16-33-30(6,21(29)13-23(39)41-8)32-11-10-28(4)22(14-24(40)45-25(28)20-9-12-42-15-20)34(32,49-31(7,47-32)48-33)27(44-18(2)37)35(26,33)46-19(3)38/h9,12,15,21-22,25-27H,10-11,13-14,16H2,1-8H3/t21-,22+,25-,26-,27-,28+,29+,30-,31?,32-,33?,34+,35-/m0/s1. The van der Waals surface area contributed by atoms with Gasteiger partial charge in [-0.2, -0.15) is 0 Å². The summed E-state index contributed by atoms with van der Waals surface area (Å²) in [5, 5.41) is 0. The third kappa shape index (κ3) is 3.33. The molecular formula is C35H42O14. The predicted octanol–water partition coefficient (Wildman–Crippen LogP) is 3.44. The fourth-order valence-electron chi connectivity index (χ4n) is 12.8. The summed E-state index contributed by atoms with van der Waals surface area (Å²) < 4.78 is 57.3. The summed E-state index contributed by atoms with van der Waals surface area (Å²) in [4.78, 5) is 67.1. The SMILES string of the molecule is COC(=O)C[C@H]1[C@@]2(C)CC34OC5(C)O[C@]6([C@@H]7CC(=O)O[C@@H](c8ccoc8)[C@]7(C)CC[C@]6(O5)[C@]13C)[C@H](OC(C)=O)[C@@]4(OC(C)=O)[C@H]2OC(C)=O. The Kier molecular flexibility index (Phi) is 6.30. The Morgan fingerprint density at radius 2 is 1.55 bits per heavy atom. The molecule has 13 atom stereocenters. The van der Waals surface area contributed by atoms with Crippen LogP contribution in [0.1, 0.15) is 92.2 Å². The van der Waals surface area contributed by atoms with Crippen molar-refractivity contribution in [2.45, 2.75) is 127 Å². The summed E-state index contributed by atoms with van der Waals surface area (Å²) in [5.74, 6) is -6.47. The summed E-state index contributed by atoms with van der Waals surface area (Å²) >= 11 is 0. The van der Waals surface area contributed by atoms with Crippen LogP contribution in [0.3, 0.4) is 0 Å². The highest BCUT2D eigenvalue weighted by Crippen LogP contribution is 2.90. The molecule has 4 aliphatic carbocycles. The van der Waals surface area contributed by atoms with E-state index in [-0.39, 0.29) is 19.3 Å². The van der Waals surface area contributed by atoms with Crippen LogP contribution in [0.2, 0.25) is 0 Å². The number of ether oxygens (including phenoxy) is 8. The van der Waals surface area contributed by atoms with Gasteiger partial charge >= 0.3 is 29.8 Å². The number of hydrogen-bond acceptors (Lipinski definition) is 14. The second-order valence-corrected chi connectivity index (χ2v) is 15.9. The molecule has 0 radical (unpaired) electrons. The van der Waals surface area contributed by atoms with E-state index in [2.05, 4.69) is 0 Å². The molecule has 8 rings (SSSR count). The van der Waals surface area contributed by atoms with Crippen molar-refractivity contribution in [2.75, 3.05) is 7.11 Å². The van der Waals surface area contributed by atoms with Crippen LogP contribution >= 0.6 is 0 Å². The Labute approximate surface area is 282 Å². The Hall–Kier alpha value is -3.49. The molecule has 14 heteroatoms. The van der Waals surface area contributed by atoms with Crippen LogP contribution in [0, 0.1) is 28.1 Å². The van der Waals surface area contributed by atoms with Gasteiger partial charge in [0.25, 0.3) is 5.97 Å². The van der Waals surface area contributed by atoms with Crippen molar-refractivity contribution in [1.29, 1.82) is 0 Å². The van der Waals surface area contributed by atoms with Crippen molar-refractivity contribution >= 4 is 29.8 Å². The minimum absolute atomic E-state index is 0.125. The molecule has 3 aliphatic heterocycles. The van der Waals surface area contributed by atoms with Crippen LogP contribution in [0.15, 0.2) is 23.0 Å². The van der Waals surface area contributed by atoms with Gasteiger partial charge in [-0.25, -0.2) is 0 Å². The first-order chi connectivity index (χ1) is 22.9. The van der Waals surface area contributed by atoms with Crippen molar-refractivity contribution < 1.29 is 66.3 Å². The van der Waals surface area contributed by atoms with Crippen molar-refractivity contribution in [3.8, 4) is 0 Å². The molecule has 0 amide bonds. The molecule has 4 heterocycles. The molecule has 0 N–H and O–H groups in total. The van der Waals surface area contributed by atoms with E-state index < -0.39 is 105 Å². The minimum atomic E-state index is -2.01. The topological polar surface area (TPSA) is 172 Å². The second kappa shape index (κ2) is 9.43. The number of cyclic esters (lactones) is 1. The molecule has 2 spiro atoms. The smallest absolute Gasteiger partial charge is 0.306 e. The van der Waals surface area contributed by atoms with E-state index in [0.29, 0.717) is 18.4 Å². The lowest BCUT2D eigenvalue weighted by atomic mass is 9.33. The quantitative estimate of drug-likeness (QED) is 0.315. The van der Waals surface area contributed by atoms with Gasteiger partial charge in [-0.3, -0.25) is 24.0 Å². The molecule has 49 heavy (non-hydrogen) atoms. The molecule has 4 saturated carbocycles. The monoisotopic (exact) mass is 686 g/mol. The van der Waals surface area contributed by atoms with Crippen molar-refractivity contribution in [2.24, 2.45) is 28.1 Å². The van der Waals surface area contributed by atoms with E-state index in [9.17, 15) is 24.0 Å². The normalized spacial score (nSPS) is 50.9. The Morgan fingerprint density at radius 3 is 2.16 bits per heavy atom. The van der Waals surface area contributed by atoms with Gasteiger partial charge in [-0.05, 0) is 31.2 Å². The molecule has 266 valence electrons. The van der Waals surface area contributed by atoms with E-state index in [1.807, 2.05) is 20.8 Å². The van der Waals surface area contributed by atoms with Gasteiger partial charge in [0.15, 0.2) is 12.2 Å². The molecular weight excluding hydrogens is 644 g/mol. The molecule has 1 aromatic heterocycles. The zero-order chi connectivity index (χ0) is 35.4. The van der Waals surface area contributed by atoms with E-state index in [1.54, 1.807) is 13.0 Å². The molecule has 7 fully saturated rings. The molecule has 0 aromatic carbocycles. The van der Waals surface area contributed by atoms with Crippen LogP contribution in [-0.2, 0) is 61.9 Å². The maximum absolute atomic E-state index is 13.8. The third-order valence-corrected chi connectivity index (χ3v) is 13.8. The van der Waals surface area contributed by atoms with Crippen LogP contribution in [0.4, 0.5) is 0 Å². The van der Waals surface area contributed by atoms with Crippen molar-refractivity contribution in [3.63, 3.8) is 0 Å². The molecule has 14 nitrogen and oxygen atoms in total. The largest absolute Gasteiger partial charge is 0.472 e. The lowest BCUT2D eigenvalue weighted by Gasteiger charge is -2.77. The minimum Gasteiger partial charge on any atom is -0.472 e. The van der Waals surface area contributed by atoms with Crippen LogP contribution in [0.5, 0.6) is 0 Å². The van der Waals surface area contributed by atoms with Crippen molar-refractivity contribution in [1.82, 2.24) is 0 Å². The average Bonchev–Trinajstić information content (AvgIpc) is 3.70. The average molecular weight is 687 g/mol. The summed E-state index contributed by atoms with van der Waals surface area (Å²) in [6.45, 7) is 11.1. The summed E-state index contributed by atoms with van der Waals surface area (Å²) in [5.41, 5.74) is -9.35. The summed E-state index contributed by atoms with van der Waals surface area (Å²) in [6.07, 6.45) is -0.00265. The van der Waals surface area contributed by atoms with Gasteiger partial charge in [0, 0.05) is 61.8 Å². The van der Waals surface area contributed by atoms with Crippen LogP contribution < -0.4 is 0 Å². The molecule has 7 aliphatic rings. The number of hydrogen-bond donors (Lipinski definition) is 0. The van der Waals surface area contributed by atoms with E-state index in [4.69, 9.17) is 42.3 Å². The highest BCUT2D eigenvalue weighted by Gasteiger charge is 3.05. The zero-order valence-electron chi connectivity index (χ0n) is 28.9. The first-order valence-corrected chi connectivity index (χ1v) is 16.8. The van der Waals surface area contributed by atoms with Gasteiger partial charge in [-0.15, -0.1) is 0 Å². The lowest BCUT2D eigenvalue weighted by Crippen LogP contribution is -2.94. The number of carbonyl (C=O) groups is 5. The predicted molar refractivity (Wildman–Crippen MR) is 159 cm³/mol. The Morgan fingerprint density at radius 1 is 0.878 bits per heavy atom. The van der Waals surface area contributed by atoms with Crippen LogP contribution in [-0.4, -0.2) is 77.5 Å².